The van der Waals surface area contributed by atoms with Gasteiger partial charge in [-0.1, -0.05) is 36.4 Å². The maximum Gasteiger partial charge on any atom is 0.404 e. The number of alkyl halides is 3. The van der Waals surface area contributed by atoms with Crippen molar-refractivity contribution in [1.82, 2.24) is 14.7 Å². The minimum absolute atomic E-state index is 0.105. The molecule has 4 rings (SSSR count). The smallest absolute Gasteiger partial charge is 0.342 e. The zero-order chi connectivity index (χ0) is 29.9. The zero-order valence-electron chi connectivity index (χ0n) is 24.4. The first-order valence-electron chi connectivity index (χ1n) is 14.5. The Bertz CT molecular complexity index is 1230. The van der Waals surface area contributed by atoms with Gasteiger partial charge in [-0.05, 0) is 89.5 Å². The Morgan fingerprint density at radius 1 is 0.976 bits per heavy atom. The summed E-state index contributed by atoms with van der Waals surface area (Å²) < 4.78 is 60.3. The summed E-state index contributed by atoms with van der Waals surface area (Å²) in [7, 11) is 3.82. The Balaban J connectivity index is 1.89. The van der Waals surface area contributed by atoms with Crippen LogP contribution in [-0.2, 0) is 4.79 Å². The minimum Gasteiger partial charge on any atom is -0.342 e. The van der Waals surface area contributed by atoms with Gasteiger partial charge in [0.25, 0.3) is 0 Å². The van der Waals surface area contributed by atoms with E-state index in [-0.39, 0.29) is 24.4 Å². The number of carbonyl (C=O) groups excluding carboxylic acids is 2. The quantitative estimate of drug-likeness (QED) is 0.214. The zero-order valence-corrected chi connectivity index (χ0v) is 24.4. The number of hydrogen-bond acceptors (Lipinski definition) is 4. The van der Waals surface area contributed by atoms with E-state index in [1.165, 1.54) is 28.9 Å². The number of hydrogen-bond donors (Lipinski definition) is 0. The van der Waals surface area contributed by atoms with Gasteiger partial charge >= 0.3 is 6.18 Å². The molecule has 2 aliphatic rings. The van der Waals surface area contributed by atoms with Crippen LogP contribution in [0.5, 0.6) is 0 Å². The molecule has 9 heteroatoms. The van der Waals surface area contributed by atoms with Gasteiger partial charge in [0.2, 0.25) is 5.91 Å². The molecule has 1 amide bonds. The predicted molar refractivity (Wildman–Crippen MR) is 151 cm³/mol. The van der Waals surface area contributed by atoms with E-state index in [0.717, 1.165) is 19.4 Å². The van der Waals surface area contributed by atoms with Crippen molar-refractivity contribution < 1.29 is 27.2 Å². The molecule has 2 saturated heterocycles. The molecule has 2 heterocycles. The number of benzene rings is 2. The predicted octanol–water partition coefficient (Wildman–Crippen LogP) is 5.85. The van der Waals surface area contributed by atoms with Crippen molar-refractivity contribution in [1.29, 1.82) is 0 Å². The van der Waals surface area contributed by atoms with Gasteiger partial charge in [0.1, 0.15) is 11.9 Å². The lowest BCUT2D eigenvalue weighted by atomic mass is 9.66. The Labute approximate surface area is 240 Å². The molecule has 0 bridgehead atoms. The average molecular weight is 576 g/mol. The van der Waals surface area contributed by atoms with Gasteiger partial charge < -0.3 is 9.80 Å². The largest absolute Gasteiger partial charge is 0.404 e. The monoisotopic (exact) mass is 575 g/mol. The fourth-order valence-electron chi connectivity index (χ4n) is 6.67. The molecule has 0 saturated carbocycles. The second-order valence-corrected chi connectivity index (χ2v) is 11.8. The van der Waals surface area contributed by atoms with Crippen molar-refractivity contribution >= 4 is 11.7 Å². The molecule has 0 aliphatic carbocycles. The summed E-state index contributed by atoms with van der Waals surface area (Å²) in [5.74, 6) is -5.13. The highest BCUT2D eigenvalue weighted by molar-refractivity contribution is 6.00. The second kappa shape index (κ2) is 13.0. The summed E-state index contributed by atoms with van der Waals surface area (Å²) in [6.45, 7) is 4.74. The van der Waals surface area contributed by atoms with E-state index in [1.54, 1.807) is 37.3 Å². The second-order valence-electron chi connectivity index (χ2n) is 11.8. The summed E-state index contributed by atoms with van der Waals surface area (Å²) in [4.78, 5) is 33.2. The molecular weight excluding hydrogens is 534 g/mol. The van der Waals surface area contributed by atoms with Crippen LogP contribution >= 0.6 is 0 Å². The Morgan fingerprint density at radius 2 is 1.66 bits per heavy atom. The van der Waals surface area contributed by atoms with Gasteiger partial charge in [0, 0.05) is 37.0 Å². The molecule has 0 spiro atoms. The van der Waals surface area contributed by atoms with Crippen molar-refractivity contribution in [3.8, 4) is 0 Å². The number of rotatable bonds is 9. The number of piperidine rings is 1. The third-order valence-corrected chi connectivity index (χ3v) is 8.74. The molecule has 0 unspecified atom stereocenters. The average Bonchev–Trinajstić information content (AvgIpc) is 3.46. The van der Waals surface area contributed by atoms with E-state index in [1.807, 2.05) is 19.0 Å². The molecule has 0 radical (unpaired) electrons. The number of Topliss-reactive ketones (excluding diaryl/α,β-unsaturated/α-hetero) is 1. The summed E-state index contributed by atoms with van der Waals surface area (Å²) in [6.07, 6.45) is -2.11. The maximum absolute atomic E-state index is 15.1. The molecule has 41 heavy (non-hydrogen) atoms. The fourth-order valence-corrected chi connectivity index (χ4v) is 6.67. The van der Waals surface area contributed by atoms with Gasteiger partial charge in [-0.25, -0.2) is 4.39 Å². The van der Waals surface area contributed by atoms with Crippen LogP contribution in [0.3, 0.4) is 0 Å². The number of carbonyl (C=O) groups is 2. The summed E-state index contributed by atoms with van der Waals surface area (Å²) in [5.41, 5.74) is 1.61. The number of nitrogens with zero attached hydrogens (tertiary/aromatic N) is 3. The SMILES string of the molecule is Cc1ccccc1C(=O)[C@H]1CN(CCCCN(C)C)[C@H](C(F)(F)F)[C@@H](C(=O)N2CCCC2)[C@@H]1c1cccc(F)c1C. The minimum atomic E-state index is -4.72. The van der Waals surface area contributed by atoms with Crippen LogP contribution in [0.1, 0.15) is 58.6 Å². The summed E-state index contributed by atoms with van der Waals surface area (Å²) in [6, 6.07) is 9.24. The molecule has 4 atom stereocenters. The fraction of sp³-hybridized carbons (Fsp3) is 0.562. The van der Waals surface area contributed by atoms with Gasteiger partial charge in [-0.3, -0.25) is 14.5 Å². The van der Waals surface area contributed by atoms with Crippen LogP contribution in [0.2, 0.25) is 0 Å². The lowest BCUT2D eigenvalue weighted by Gasteiger charge is -2.50. The Kier molecular flexibility index (Phi) is 9.90. The maximum atomic E-state index is 15.1. The first-order valence-corrected chi connectivity index (χ1v) is 14.5. The topological polar surface area (TPSA) is 43.9 Å². The number of aryl methyl sites for hydroxylation is 1. The molecule has 0 N–H and O–H groups in total. The van der Waals surface area contributed by atoms with Gasteiger partial charge in [0.05, 0.1) is 5.92 Å². The van der Waals surface area contributed by atoms with Crippen LogP contribution in [0.15, 0.2) is 42.5 Å². The van der Waals surface area contributed by atoms with Gasteiger partial charge in [-0.15, -0.1) is 0 Å². The van der Waals surface area contributed by atoms with E-state index in [0.29, 0.717) is 42.6 Å². The number of likely N-dealkylation sites (tertiary alicyclic amines) is 2. The number of halogens is 4. The van der Waals surface area contributed by atoms with Crippen molar-refractivity contribution in [2.75, 3.05) is 46.8 Å². The molecule has 2 fully saturated rings. The third kappa shape index (κ3) is 6.83. The van der Waals surface area contributed by atoms with E-state index in [2.05, 4.69) is 0 Å². The Morgan fingerprint density at radius 3 is 2.29 bits per heavy atom. The van der Waals surface area contributed by atoms with E-state index in [4.69, 9.17) is 0 Å². The first kappa shape index (κ1) is 31.2. The molecule has 2 aromatic rings. The lowest BCUT2D eigenvalue weighted by molar-refractivity contribution is -0.214. The number of amides is 1. The lowest BCUT2D eigenvalue weighted by Crippen LogP contribution is -2.63. The normalized spacial score (nSPS) is 23.8. The number of ketones is 1. The Hall–Kier alpha value is -2.78. The van der Waals surface area contributed by atoms with Crippen LogP contribution in [0, 0.1) is 31.5 Å². The summed E-state index contributed by atoms with van der Waals surface area (Å²) >= 11 is 0. The first-order chi connectivity index (χ1) is 19.4. The third-order valence-electron chi connectivity index (χ3n) is 8.74. The van der Waals surface area contributed by atoms with Crippen LogP contribution in [-0.4, -0.2) is 85.4 Å². The van der Waals surface area contributed by atoms with Crippen LogP contribution < -0.4 is 0 Å². The van der Waals surface area contributed by atoms with Crippen molar-refractivity contribution in [2.45, 2.75) is 57.7 Å². The van der Waals surface area contributed by atoms with E-state index < -0.39 is 41.7 Å². The molecule has 0 aromatic heterocycles. The van der Waals surface area contributed by atoms with Gasteiger partial charge in [-0.2, -0.15) is 13.2 Å². The van der Waals surface area contributed by atoms with Crippen molar-refractivity contribution in [3.05, 3.63) is 70.5 Å². The molecule has 2 aliphatic heterocycles. The van der Waals surface area contributed by atoms with E-state index in [9.17, 15) is 14.0 Å². The number of unbranched alkanes of at least 4 members (excludes halogenated alkanes) is 1. The van der Waals surface area contributed by atoms with Gasteiger partial charge in [0.15, 0.2) is 5.78 Å². The molecule has 2 aromatic carbocycles. The highest BCUT2D eigenvalue weighted by atomic mass is 19.4. The molecule has 5 nitrogen and oxygen atoms in total. The highest BCUT2D eigenvalue weighted by Crippen LogP contribution is 2.49. The highest BCUT2D eigenvalue weighted by Gasteiger charge is 2.60. The summed E-state index contributed by atoms with van der Waals surface area (Å²) in [5, 5.41) is 0. The van der Waals surface area contributed by atoms with Crippen molar-refractivity contribution in [2.24, 2.45) is 11.8 Å². The van der Waals surface area contributed by atoms with E-state index >= 15 is 13.2 Å². The van der Waals surface area contributed by atoms with Crippen LogP contribution in [0.25, 0.3) is 0 Å². The van der Waals surface area contributed by atoms with Crippen molar-refractivity contribution in [3.63, 3.8) is 0 Å². The van der Waals surface area contributed by atoms with Crippen LogP contribution in [0.4, 0.5) is 17.6 Å². The standard InChI is InChI=1S/C32H41F4N3O2/c1-21-12-5-6-13-23(21)29(40)25-20-39(19-8-7-16-37(3)4)30(32(34,35)36)28(31(41)38-17-9-10-18-38)27(25)24-14-11-15-26(33)22(24)2/h5-6,11-15,25,27-28,30H,7-10,16-20H2,1-4H3/t25-,27+,28-,30-/m0/s1. The molecule has 224 valence electrons. The molecular formula is C32H41F4N3O2.